The lowest BCUT2D eigenvalue weighted by Gasteiger charge is -2.18. The van der Waals surface area contributed by atoms with Gasteiger partial charge in [0, 0.05) is 0 Å². The van der Waals surface area contributed by atoms with Crippen LogP contribution in [0.25, 0.3) is 0 Å². The monoisotopic (exact) mass is 405 g/mol. The summed E-state index contributed by atoms with van der Waals surface area (Å²) in [6.45, 7) is 2.21. The molecule has 0 saturated carbocycles. The van der Waals surface area contributed by atoms with E-state index in [2.05, 4.69) is 6.92 Å². The molecule has 24 heavy (non-hydrogen) atoms. The topological polar surface area (TPSA) is 115 Å². The minimum absolute atomic E-state index is 0.105. The van der Waals surface area contributed by atoms with Crippen LogP contribution in [0.5, 0.6) is 0 Å². The van der Waals surface area contributed by atoms with Gasteiger partial charge in [-0.25, -0.2) is 0 Å². The largest absolute Gasteiger partial charge is 0.345 e. The first-order valence-corrected chi connectivity index (χ1v) is 14.1. The van der Waals surface area contributed by atoms with Gasteiger partial charge < -0.3 is 19.6 Å². The van der Waals surface area contributed by atoms with Crippen LogP contribution < -0.4 is 0 Å². The summed E-state index contributed by atoms with van der Waals surface area (Å²) in [5.41, 5.74) is 0. The van der Waals surface area contributed by atoms with Gasteiger partial charge in [-0.2, -0.15) is 0 Å². The Morgan fingerprint density at radius 2 is 1.12 bits per heavy atom. The molecule has 0 aromatic rings. The third kappa shape index (κ3) is 12.9. The zero-order valence-corrected chi connectivity index (χ0v) is 17.6. The van der Waals surface area contributed by atoms with Crippen molar-refractivity contribution >= 4 is 26.1 Å². The van der Waals surface area contributed by atoms with Crippen molar-refractivity contribution in [3.63, 3.8) is 0 Å². The van der Waals surface area contributed by atoms with Gasteiger partial charge in [-0.05, 0) is 23.7 Å². The Morgan fingerprint density at radius 1 is 0.750 bits per heavy atom. The van der Waals surface area contributed by atoms with Crippen molar-refractivity contribution in [3.05, 3.63) is 0 Å². The molecular weight excluding hydrogens is 370 g/mol. The van der Waals surface area contributed by atoms with Gasteiger partial charge in [0.05, 0.1) is 6.26 Å². The summed E-state index contributed by atoms with van der Waals surface area (Å²) >= 11 is 0. The lowest BCUT2D eigenvalue weighted by Crippen LogP contribution is -2.23. The van der Waals surface area contributed by atoms with Gasteiger partial charge in [0.1, 0.15) is 11.5 Å². The maximum Gasteiger partial charge on any atom is 0.345 e. The number of hydrogen-bond donors (Lipinski definition) is 4. The summed E-state index contributed by atoms with van der Waals surface area (Å²) in [7, 11) is -9.94. The molecule has 0 aliphatic carbocycles. The summed E-state index contributed by atoms with van der Waals surface area (Å²) in [5, 5.41) is -1.85. The van der Waals surface area contributed by atoms with Crippen LogP contribution in [0.2, 0.25) is 0 Å². The van der Waals surface area contributed by atoms with Crippen molar-refractivity contribution in [2.45, 2.75) is 76.5 Å². The molecule has 0 aromatic heterocycles. The molecule has 146 valence electrons. The number of unbranched alkanes of at least 4 members (excludes halogenated alkanes) is 9. The van der Waals surface area contributed by atoms with Crippen LogP contribution in [-0.2, 0) is 20.0 Å². The van der Waals surface area contributed by atoms with E-state index in [1.54, 1.807) is 0 Å². The zero-order valence-electron chi connectivity index (χ0n) is 15.0. The lowest BCUT2D eigenvalue weighted by atomic mass is 10.1. The molecule has 0 fully saturated rings. The summed E-state index contributed by atoms with van der Waals surface area (Å²) in [5.74, 6) is 0.666. The van der Waals surface area contributed by atoms with E-state index in [1.165, 1.54) is 44.9 Å². The molecule has 0 heterocycles. The zero-order chi connectivity index (χ0) is 18.6. The molecule has 0 bridgehead atoms. The van der Waals surface area contributed by atoms with Crippen LogP contribution in [0, 0.1) is 0 Å². The van der Waals surface area contributed by atoms with Crippen molar-refractivity contribution in [3.8, 4) is 0 Å². The second kappa shape index (κ2) is 12.9. The van der Waals surface area contributed by atoms with Crippen molar-refractivity contribution in [2.75, 3.05) is 17.8 Å². The lowest BCUT2D eigenvalue weighted by molar-refractivity contribution is 0.342. The van der Waals surface area contributed by atoms with Crippen LogP contribution in [-0.4, -0.2) is 42.7 Å². The first-order chi connectivity index (χ1) is 11.1. The molecule has 1 unspecified atom stereocenters. The van der Waals surface area contributed by atoms with E-state index in [9.17, 15) is 9.13 Å². The van der Waals surface area contributed by atoms with Gasteiger partial charge in [-0.1, -0.05) is 58.3 Å². The molecule has 6 nitrogen and oxygen atoms in total. The van der Waals surface area contributed by atoms with Gasteiger partial charge in [0.2, 0.25) is 5.40 Å². The Labute approximate surface area is 149 Å². The summed E-state index contributed by atoms with van der Waals surface area (Å²) < 4.78 is 22.5. The highest BCUT2D eigenvalue weighted by Crippen LogP contribution is 2.60. The number of hydrogen-bond acceptors (Lipinski definition) is 2. The van der Waals surface area contributed by atoms with Gasteiger partial charge in [-0.15, -0.1) is 0 Å². The van der Waals surface area contributed by atoms with Gasteiger partial charge in [-0.3, -0.25) is 9.13 Å². The highest BCUT2D eigenvalue weighted by atomic mass is 32.2. The summed E-state index contributed by atoms with van der Waals surface area (Å²) in [4.78, 5) is 36.5. The molecule has 0 aliphatic heterocycles. The summed E-state index contributed by atoms with van der Waals surface area (Å²) in [6, 6.07) is 0. The molecule has 0 radical (unpaired) electrons. The minimum Gasteiger partial charge on any atom is -0.324 e. The van der Waals surface area contributed by atoms with Crippen LogP contribution in [0.4, 0.5) is 0 Å². The van der Waals surface area contributed by atoms with E-state index < -0.39 is 31.5 Å². The van der Waals surface area contributed by atoms with Gasteiger partial charge >= 0.3 is 15.2 Å². The van der Waals surface area contributed by atoms with Crippen LogP contribution >= 0.6 is 15.2 Å². The van der Waals surface area contributed by atoms with E-state index in [0.29, 0.717) is 0 Å². The highest BCUT2D eigenvalue weighted by Gasteiger charge is 2.47. The molecule has 4 N–H and O–H groups in total. The molecule has 0 spiro atoms. The van der Waals surface area contributed by atoms with E-state index in [4.69, 9.17) is 19.6 Å². The SMILES string of the molecule is CCCCCCCCCCCC[S+](C)CC(P(=O)(O)O)P(=O)(O)O. The second-order valence-electron chi connectivity index (χ2n) is 6.49. The van der Waals surface area contributed by atoms with Crippen molar-refractivity contribution < 1.29 is 28.7 Å². The van der Waals surface area contributed by atoms with Crippen molar-refractivity contribution in [2.24, 2.45) is 0 Å². The van der Waals surface area contributed by atoms with Crippen LogP contribution in [0.15, 0.2) is 0 Å². The third-order valence-electron chi connectivity index (χ3n) is 4.06. The Morgan fingerprint density at radius 3 is 1.50 bits per heavy atom. The van der Waals surface area contributed by atoms with Crippen LogP contribution in [0.3, 0.4) is 0 Å². The fourth-order valence-electron chi connectivity index (χ4n) is 2.56. The fraction of sp³-hybridized carbons (Fsp3) is 1.00. The quantitative estimate of drug-likeness (QED) is 0.187. The minimum atomic E-state index is -4.77. The van der Waals surface area contributed by atoms with E-state index in [-0.39, 0.29) is 5.75 Å². The van der Waals surface area contributed by atoms with Gasteiger partial charge in [0.25, 0.3) is 0 Å². The molecular formula is C15H35O6P2S+. The van der Waals surface area contributed by atoms with E-state index in [0.717, 1.165) is 25.0 Å². The average molecular weight is 405 g/mol. The molecule has 0 saturated heterocycles. The van der Waals surface area contributed by atoms with E-state index >= 15 is 0 Å². The Balaban J connectivity index is 3.81. The predicted molar refractivity (Wildman–Crippen MR) is 103 cm³/mol. The van der Waals surface area contributed by atoms with Crippen molar-refractivity contribution in [1.82, 2.24) is 0 Å². The molecule has 0 amide bonds. The molecule has 0 rings (SSSR count). The van der Waals surface area contributed by atoms with E-state index in [1.807, 2.05) is 6.26 Å². The Hall–Kier alpha value is 0.650. The third-order valence-corrected chi connectivity index (χ3v) is 10.2. The molecule has 0 aromatic carbocycles. The first kappa shape index (κ1) is 24.7. The predicted octanol–water partition coefficient (Wildman–Crippen LogP) is 3.84. The molecule has 0 aliphatic rings. The standard InChI is InChI=1S/C15H34O6P2S/c1-3-4-5-6-7-8-9-10-11-12-13-24(2)14-15(22(16,17)18)23(19,20)21/h15H,3-14H2,1-2H3,(H3-,16,17,18,19,20,21)/p+1. The smallest absolute Gasteiger partial charge is 0.324 e. The molecule has 9 heteroatoms. The average Bonchev–Trinajstić information content (AvgIpc) is 2.44. The first-order valence-electron chi connectivity index (χ1n) is 8.78. The molecule has 1 atom stereocenters. The second-order valence-corrected chi connectivity index (χ2v) is 12.8. The summed E-state index contributed by atoms with van der Waals surface area (Å²) in [6.07, 6.45) is 14.0. The number of rotatable bonds is 15. The Kier molecular flexibility index (Phi) is 13.3. The Bertz CT molecular complexity index is 387. The maximum atomic E-state index is 11.3. The maximum absolute atomic E-state index is 11.3. The fourth-order valence-corrected chi connectivity index (χ4v) is 8.58. The van der Waals surface area contributed by atoms with Gasteiger partial charge in [0.15, 0.2) is 0 Å². The highest BCUT2D eigenvalue weighted by molar-refractivity contribution is 7.97. The van der Waals surface area contributed by atoms with Crippen molar-refractivity contribution in [1.29, 1.82) is 0 Å². The normalized spacial score (nSPS) is 14.3. The van der Waals surface area contributed by atoms with Crippen LogP contribution in [0.1, 0.15) is 71.1 Å².